The predicted octanol–water partition coefficient (Wildman–Crippen LogP) is 3.37. The third-order valence-corrected chi connectivity index (χ3v) is 3.35. The topological polar surface area (TPSA) is 26.2 Å². The highest BCUT2D eigenvalue weighted by molar-refractivity contribution is 5.26. The van der Waals surface area contributed by atoms with Crippen LogP contribution in [-0.4, -0.2) is 17.2 Å². The Hall–Kier alpha value is -1.74. The van der Waals surface area contributed by atoms with Crippen molar-refractivity contribution in [2.24, 2.45) is 0 Å². The van der Waals surface area contributed by atoms with Crippen molar-refractivity contribution in [1.82, 2.24) is 9.88 Å². The number of hydrogen-bond donors (Lipinski definition) is 1. The highest BCUT2D eigenvalue weighted by Crippen LogP contribution is 2.11. The summed E-state index contributed by atoms with van der Waals surface area (Å²) < 4.78 is 7.95. The molecule has 20 heavy (non-hydrogen) atoms. The van der Waals surface area contributed by atoms with E-state index < -0.39 is 0 Å². The second-order valence-corrected chi connectivity index (χ2v) is 5.26. The third kappa shape index (κ3) is 4.42. The van der Waals surface area contributed by atoms with Crippen LogP contribution < -0.4 is 10.1 Å². The Morgan fingerprint density at radius 3 is 2.60 bits per heavy atom. The summed E-state index contributed by atoms with van der Waals surface area (Å²) in [6.07, 6.45) is 4.30. The molecule has 1 N–H and O–H groups in total. The number of hydrogen-bond acceptors (Lipinski definition) is 2. The van der Waals surface area contributed by atoms with Crippen LogP contribution in [0, 0.1) is 6.92 Å². The van der Waals surface area contributed by atoms with Crippen LogP contribution in [0.2, 0.25) is 0 Å². The normalized spacial score (nSPS) is 12.3. The lowest BCUT2D eigenvalue weighted by Crippen LogP contribution is -2.31. The van der Waals surface area contributed by atoms with Crippen LogP contribution in [0.15, 0.2) is 42.7 Å². The molecule has 108 valence electrons. The van der Waals surface area contributed by atoms with Gasteiger partial charge in [0.1, 0.15) is 12.4 Å². The van der Waals surface area contributed by atoms with E-state index in [2.05, 4.69) is 61.2 Å². The van der Waals surface area contributed by atoms with Crippen LogP contribution in [0.5, 0.6) is 5.75 Å². The first kappa shape index (κ1) is 14.7. The summed E-state index contributed by atoms with van der Waals surface area (Å²) in [5.74, 6) is 0.932. The highest BCUT2D eigenvalue weighted by Gasteiger charge is 2.03. The summed E-state index contributed by atoms with van der Waals surface area (Å²) >= 11 is 0. The molecule has 0 spiro atoms. The van der Waals surface area contributed by atoms with Gasteiger partial charge in [-0.05, 0) is 44.5 Å². The number of rotatable bonds is 7. The molecule has 0 saturated carbocycles. The van der Waals surface area contributed by atoms with E-state index in [4.69, 9.17) is 4.74 Å². The van der Waals surface area contributed by atoms with Gasteiger partial charge in [-0.2, -0.15) is 0 Å². The van der Waals surface area contributed by atoms with Crippen molar-refractivity contribution in [3.8, 4) is 5.75 Å². The summed E-state index contributed by atoms with van der Waals surface area (Å²) in [5, 5.41) is 3.48. The molecule has 1 heterocycles. The molecule has 0 aliphatic carbocycles. The van der Waals surface area contributed by atoms with Gasteiger partial charge >= 0.3 is 0 Å². The summed E-state index contributed by atoms with van der Waals surface area (Å²) in [6, 6.07) is 10.7. The molecule has 0 bridgehead atoms. The van der Waals surface area contributed by atoms with Crippen LogP contribution in [0.3, 0.4) is 0 Å². The highest BCUT2D eigenvalue weighted by atomic mass is 16.5. The van der Waals surface area contributed by atoms with Gasteiger partial charge in [0, 0.05) is 31.5 Å². The molecule has 0 aliphatic heterocycles. The van der Waals surface area contributed by atoms with Crippen molar-refractivity contribution in [1.29, 1.82) is 0 Å². The van der Waals surface area contributed by atoms with Crippen LogP contribution in [0.1, 0.15) is 25.0 Å². The Bertz CT molecular complexity index is 516. The summed E-state index contributed by atoms with van der Waals surface area (Å²) in [6.45, 7) is 8.95. The average molecular weight is 272 g/mol. The average Bonchev–Trinajstić information content (AvgIpc) is 2.92. The molecule has 0 saturated heterocycles. The number of ether oxygens (including phenoxy) is 1. The van der Waals surface area contributed by atoms with Crippen molar-refractivity contribution < 1.29 is 4.74 Å². The Labute approximate surface area is 121 Å². The second-order valence-electron chi connectivity index (χ2n) is 5.26. The molecule has 1 atom stereocenters. The Morgan fingerprint density at radius 1 is 1.20 bits per heavy atom. The van der Waals surface area contributed by atoms with E-state index >= 15 is 0 Å². The number of benzene rings is 1. The lowest BCUT2D eigenvalue weighted by molar-refractivity contribution is 0.272. The van der Waals surface area contributed by atoms with Crippen molar-refractivity contribution in [2.75, 3.05) is 6.61 Å². The Balaban J connectivity index is 1.72. The first-order valence-corrected chi connectivity index (χ1v) is 7.25. The zero-order valence-corrected chi connectivity index (χ0v) is 12.6. The number of nitrogens with zero attached hydrogens (tertiary/aromatic N) is 1. The van der Waals surface area contributed by atoms with E-state index in [1.165, 1.54) is 11.1 Å². The largest absolute Gasteiger partial charge is 0.492 e. The maximum Gasteiger partial charge on any atom is 0.119 e. The molecule has 1 aromatic heterocycles. The molecule has 0 fully saturated rings. The minimum absolute atomic E-state index is 0.321. The van der Waals surface area contributed by atoms with Gasteiger partial charge in [0.2, 0.25) is 0 Å². The summed E-state index contributed by atoms with van der Waals surface area (Å²) in [7, 11) is 0. The number of aryl methyl sites for hydroxylation is 2. The fourth-order valence-corrected chi connectivity index (χ4v) is 2.00. The van der Waals surface area contributed by atoms with Gasteiger partial charge in [0.25, 0.3) is 0 Å². The van der Waals surface area contributed by atoms with Gasteiger partial charge in [0.15, 0.2) is 0 Å². The Morgan fingerprint density at radius 2 is 1.95 bits per heavy atom. The summed E-state index contributed by atoms with van der Waals surface area (Å²) in [5.41, 5.74) is 2.57. The van der Waals surface area contributed by atoms with Crippen molar-refractivity contribution in [2.45, 2.75) is 39.9 Å². The van der Waals surface area contributed by atoms with E-state index in [1.807, 2.05) is 12.1 Å². The minimum Gasteiger partial charge on any atom is -0.492 e. The Kier molecular flexibility index (Phi) is 5.24. The fourth-order valence-electron chi connectivity index (χ4n) is 2.00. The molecular formula is C17H24N2O. The van der Waals surface area contributed by atoms with Crippen LogP contribution in [-0.2, 0) is 13.1 Å². The van der Waals surface area contributed by atoms with Crippen molar-refractivity contribution >= 4 is 0 Å². The standard InChI is InChI=1S/C17H24N2O/c1-4-19-10-9-16(12-19)11-18-15(3)13-20-17-7-5-14(2)6-8-17/h5-10,12,15,18H,4,11,13H2,1-3H3. The van der Waals surface area contributed by atoms with Gasteiger partial charge in [0.05, 0.1) is 0 Å². The molecule has 3 heteroatoms. The van der Waals surface area contributed by atoms with Gasteiger partial charge in [-0.25, -0.2) is 0 Å². The first-order chi connectivity index (χ1) is 9.67. The van der Waals surface area contributed by atoms with Crippen molar-refractivity contribution in [3.05, 3.63) is 53.9 Å². The van der Waals surface area contributed by atoms with Gasteiger partial charge in [-0.15, -0.1) is 0 Å². The van der Waals surface area contributed by atoms with Crippen LogP contribution in [0.25, 0.3) is 0 Å². The lowest BCUT2D eigenvalue weighted by atomic mass is 10.2. The molecule has 0 amide bonds. The maximum atomic E-state index is 5.77. The smallest absolute Gasteiger partial charge is 0.119 e. The summed E-state index contributed by atoms with van der Waals surface area (Å²) in [4.78, 5) is 0. The van der Waals surface area contributed by atoms with E-state index in [1.54, 1.807) is 0 Å². The van der Waals surface area contributed by atoms with Gasteiger partial charge < -0.3 is 14.6 Å². The molecule has 0 aliphatic rings. The zero-order chi connectivity index (χ0) is 14.4. The lowest BCUT2D eigenvalue weighted by Gasteiger charge is -2.14. The molecule has 2 aromatic rings. The van der Waals surface area contributed by atoms with E-state index in [0.717, 1.165) is 18.8 Å². The molecule has 2 rings (SSSR count). The second kappa shape index (κ2) is 7.15. The van der Waals surface area contributed by atoms with Crippen LogP contribution in [0.4, 0.5) is 0 Å². The SMILES string of the molecule is CCn1ccc(CNC(C)COc2ccc(C)cc2)c1. The maximum absolute atomic E-state index is 5.77. The minimum atomic E-state index is 0.321. The van der Waals surface area contributed by atoms with E-state index in [0.29, 0.717) is 12.6 Å². The van der Waals surface area contributed by atoms with Crippen LogP contribution >= 0.6 is 0 Å². The van der Waals surface area contributed by atoms with Crippen molar-refractivity contribution in [3.63, 3.8) is 0 Å². The molecule has 1 unspecified atom stereocenters. The monoisotopic (exact) mass is 272 g/mol. The zero-order valence-electron chi connectivity index (χ0n) is 12.6. The fraction of sp³-hybridized carbons (Fsp3) is 0.412. The number of nitrogens with one attached hydrogen (secondary N) is 1. The molecule has 1 aromatic carbocycles. The van der Waals surface area contributed by atoms with E-state index in [9.17, 15) is 0 Å². The quantitative estimate of drug-likeness (QED) is 0.836. The molecule has 3 nitrogen and oxygen atoms in total. The first-order valence-electron chi connectivity index (χ1n) is 7.25. The molecule has 0 radical (unpaired) electrons. The third-order valence-electron chi connectivity index (χ3n) is 3.35. The number of aromatic nitrogens is 1. The van der Waals surface area contributed by atoms with E-state index in [-0.39, 0.29) is 0 Å². The van der Waals surface area contributed by atoms with Gasteiger partial charge in [-0.3, -0.25) is 0 Å². The predicted molar refractivity (Wildman–Crippen MR) is 83.1 cm³/mol. The molecular weight excluding hydrogens is 248 g/mol. The van der Waals surface area contributed by atoms with Gasteiger partial charge in [-0.1, -0.05) is 17.7 Å².